The van der Waals surface area contributed by atoms with Crippen LogP contribution in [0.1, 0.15) is 32.1 Å². The number of aryl methyl sites for hydroxylation is 1. The fourth-order valence-electron chi connectivity index (χ4n) is 3.46. The second-order valence-electron chi connectivity index (χ2n) is 7.27. The van der Waals surface area contributed by atoms with Crippen LogP contribution in [0.3, 0.4) is 0 Å². The number of hydrogen-bond donors (Lipinski definition) is 2. The molecule has 1 amide bonds. The molecule has 0 aliphatic carbocycles. The van der Waals surface area contributed by atoms with Gasteiger partial charge in [0.05, 0.1) is 22.4 Å². The van der Waals surface area contributed by atoms with E-state index in [9.17, 15) is 9.59 Å². The van der Waals surface area contributed by atoms with Crippen molar-refractivity contribution in [2.75, 3.05) is 25.6 Å². The van der Waals surface area contributed by atoms with Gasteiger partial charge in [0.25, 0.3) is 5.91 Å². The Bertz CT molecular complexity index is 1240. The molecule has 0 unspecified atom stereocenters. The number of esters is 1. The summed E-state index contributed by atoms with van der Waals surface area (Å²) in [6.45, 7) is 3.93. The first kappa shape index (κ1) is 21.7. The van der Waals surface area contributed by atoms with Gasteiger partial charge in [-0.3, -0.25) is 4.79 Å². The van der Waals surface area contributed by atoms with E-state index in [0.717, 1.165) is 20.8 Å². The van der Waals surface area contributed by atoms with Gasteiger partial charge in [-0.15, -0.1) is 11.3 Å². The van der Waals surface area contributed by atoms with Crippen molar-refractivity contribution >= 4 is 39.1 Å². The van der Waals surface area contributed by atoms with Gasteiger partial charge in [0.15, 0.2) is 0 Å². The van der Waals surface area contributed by atoms with Gasteiger partial charge in [-0.2, -0.15) is 0 Å². The molecular formula is C24H23N3O4S. The number of methoxy groups -OCH3 is 1. The summed E-state index contributed by atoms with van der Waals surface area (Å²) in [5.41, 5.74) is 4.44. The molecule has 2 N–H and O–H groups in total. The number of carbonyl (C=O) groups is 2. The van der Waals surface area contributed by atoms with E-state index in [1.165, 1.54) is 7.11 Å². The van der Waals surface area contributed by atoms with Crippen molar-refractivity contribution in [2.24, 2.45) is 0 Å². The van der Waals surface area contributed by atoms with Gasteiger partial charge in [-0.1, -0.05) is 12.1 Å². The standard InChI is InChI=1S/C24H23N3O4S/c1-14-20(24(29)31-13-12-30-3)15(2)25-21(14)22(28)26-17-10-8-16(9-11-17)23-27-18-6-4-5-7-19(18)32-23/h4-11,25H,12-13H2,1-3H3,(H,26,28). The quantitative estimate of drug-likeness (QED) is 0.307. The summed E-state index contributed by atoms with van der Waals surface area (Å²) in [6, 6.07) is 15.5. The number of ether oxygens (including phenoxy) is 2. The molecular weight excluding hydrogens is 426 g/mol. The predicted molar refractivity (Wildman–Crippen MR) is 125 cm³/mol. The Hall–Kier alpha value is -3.49. The van der Waals surface area contributed by atoms with Crippen LogP contribution in [0.5, 0.6) is 0 Å². The molecule has 0 saturated carbocycles. The lowest BCUT2D eigenvalue weighted by Gasteiger charge is -2.06. The van der Waals surface area contributed by atoms with E-state index < -0.39 is 5.97 Å². The number of H-pyrrole nitrogens is 1. The number of para-hydroxylation sites is 1. The fraction of sp³-hybridized carbons (Fsp3) is 0.208. The van der Waals surface area contributed by atoms with Crippen molar-refractivity contribution in [3.05, 3.63) is 71.0 Å². The van der Waals surface area contributed by atoms with Crippen LogP contribution < -0.4 is 5.32 Å². The van der Waals surface area contributed by atoms with Crippen molar-refractivity contribution < 1.29 is 19.1 Å². The number of nitrogens with one attached hydrogen (secondary N) is 2. The molecule has 0 aliphatic rings. The highest BCUT2D eigenvalue weighted by Gasteiger charge is 2.23. The maximum atomic E-state index is 12.8. The fourth-order valence-corrected chi connectivity index (χ4v) is 4.43. The van der Waals surface area contributed by atoms with Crippen LogP contribution in [-0.2, 0) is 9.47 Å². The molecule has 2 aromatic carbocycles. The van der Waals surface area contributed by atoms with Gasteiger partial charge in [0.2, 0.25) is 0 Å². The minimum Gasteiger partial charge on any atom is -0.460 e. The molecule has 0 aliphatic heterocycles. The largest absolute Gasteiger partial charge is 0.460 e. The van der Waals surface area contributed by atoms with Crippen molar-refractivity contribution in [1.82, 2.24) is 9.97 Å². The van der Waals surface area contributed by atoms with Crippen molar-refractivity contribution in [1.29, 1.82) is 0 Å². The van der Waals surface area contributed by atoms with E-state index in [-0.39, 0.29) is 12.5 Å². The molecule has 0 bridgehead atoms. The van der Waals surface area contributed by atoms with Crippen LogP contribution in [0.4, 0.5) is 5.69 Å². The van der Waals surface area contributed by atoms with Crippen LogP contribution in [0, 0.1) is 13.8 Å². The molecule has 2 heterocycles. The second-order valence-corrected chi connectivity index (χ2v) is 8.30. The molecule has 32 heavy (non-hydrogen) atoms. The average Bonchev–Trinajstić information content (AvgIpc) is 3.35. The highest BCUT2D eigenvalue weighted by Crippen LogP contribution is 2.30. The zero-order valence-electron chi connectivity index (χ0n) is 18.0. The first-order valence-electron chi connectivity index (χ1n) is 10.1. The average molecular weight is 450 g/mol. The van der Waals surface area contributed by atoms with E-state index in [1.807, 2.05) is 48.5 Å². The van der Waals surface area contributed by atoms with Crippen molar-refractivity contribution in [3.63, 3.8) is 0 Å². The Morgan fingerprint density at radius 3 is 2.53 bits per heavy atom. The minimum atomic E-state index is -0.479. The van der Waals surface area contributed by atoms with Crippen LogP contribution >= 0.6 is 11.3 Å². The monoisotopic (exact) mass is 449 g/mol. The summed E-state index contributed by atoms with van der Waals surface area (Å²) < 4.78 is 11.2. The number of hydrogen-bond acceptors (Lipinski definition) is 6. The van der Waals surface area contributed by atoms with Crippen LogP contribution in [0.25, 0.3) is 20.8 Å². The lowest BCUT2D eigenvalue weighted by atomic mass is 10.1. The lowest BCUT2D eigenvalue weighted by molar-refractivity contribution is 0.0387. The van der Waals surface area contributed by atoms with E-state index in [0.29, 0.717) is 34.8 Å². The zero-order valence-corrected chi connectivity index (χ0v) is 18.8. The van der Waals surface area contributed by atoms with E-state index in [4.69, 9.17) is 9.47 Å². The third-order valence-corrected chi connectivity index (χ3v) is 6.16. The minimum absolute atomic E-state index is 0.155. The van der Waals surface area contributed by atoms with Gasteiger partial charge >= 0.3 is 5.97 Å². The summed E-state index contributed by atoms with van der Waals surface area (Å²) in [5, 5.41) is 3.80. The van der Waals surface area contributed by atoms with Crippen LogP contribution in [-0.4, -0.2) is 42.2 Å². The summed E-state index contributed by atoms with van der Waals surface area (Å²) >= 11 is 1.63. The van der Waals surface area contributed by atoms with Crippen LogP contribution in [0.15, 0.2) is 48.5 Å². The van der Waals surface area contributed by atoms with Gasteiger partial charge in [0, 0.05) is 24.1 Å². The Morgan fingerprint density at radius 2 is 1.81 bits per heavy atom. The zero-order chi connectivity index (χ0) is 22.7. The number of anilines is 1. The molecule has 7 nitrogen and oxygen atoms in total. The van der Waals surface area contributed by atoms with Gasteiger partial charge in [-0.25, -0.2) is 9.78 Å². The van der Waals surface area contributed by atoms with E-state index in [2.05, 4.69) is 15.3 Å². The number of amides is 1. The number of benzene rings is 2. The maximum Gasteiger partial charge on any atom is 0.340 e. The molecule has 0 saturated heterocycles. The number of aromatic nitrogens is 2. The SMILES string of the molecule is COCCOC(=O)c1c(C)[nH]c(C(=O)Nc2ccc(-c3nc4ccccc4s3)cc2)c1C. The highest BCUT2D eigenvalue weighted by atomic mass is 32.1. The number of thiazole rings is 1. The van der Waals surface area contributed by atoms with E-state index in [1.54, 1.807) is 25.2 Å². The maximum absolute atomic E-state index is 12.8. The first-order chi connectivity index (χ1) is 15.5. The molecule has 2 aromatic heterocycles. The first-order valence-corrected chi connectivity index (χ1v) is 10.9. The normalized spacial score (nSPS) is 11.0. The molecule has 0 fully saturated rings. The predicted octanol–water partition coefficient (Wildman–Crippen LogP) is 4.96. The number of carbonyl (C=O) groups excluding carboxylic acids is 2. The summed E-state index contributed by atoms with van der Waals surface area (Å²) in [6.07, 6.45) is 0. The number of nitrogens with zero attached hydrogens (tertiary/aromatic N) is 1. The Kier molecular flexibility index (Phi) is 6.34. The molecule has 0 radical (unpaired) electrons. The Balaban J connectivity index is 1.48. The summed E-state index contributed by atoms with van der Waals surface area (Å²) in [7, 11) is 1.54. The number of aromatic amines is 1. The molecule has 4 aromatic rings. The smallest absolute Gasteiger partial charge is 0.340 e. The van der Waals surface area contributed by atoms with E-state index >= 15 is 0 Å². The summed E-state index contributed by atoms with van der Waals surface area (Å²) in [5.74, 6) is -0.804. The molecule has 8 heteroatoms. The summed E-state index contributed by atoms with van der Waals surface area (Å²) in [4.78, 5) is 32.9. The third kappa shape index (κ3) is 4.42. The topological polar surface area (TPSA) is 93.3 Å². The van der Waals surface area contributed by atoms with Gasteiger partial charge < -0.3 is 19.8 Å². The molecule has 0 atom stereocenters. The Morgan fingerprint density at radius 1 is 1.06 bits per heavy atom. The van der Waals surface area contributed by atoms with Crippen molar-refractivity contribution in [2.45, 2.75) is 13.8 Å². The van der Waals surface area contributed by atoms with Crippen LogP contribution in [0.2, 0.25) is 0 Å². The number of rotatable bonds is 7. The molecule has 0 spiro atoms. The number of fused-ring (bicyclic) bond motifs is 1. The van der Waals surface area contributed by atoms with Gasteiger partial charge in [0.1, 0.15) is 17.3 Å². The molecule has 4 rings (SSSR count). The lowest BCUT2D eigenvalue weighted by Crippen LogP contribution is -2.14. The Labute approximate surface area is 189 Å². The second kappa shape index (κ2) is 9.33. The molecule has 164 valence electrons. The van der Waals surface area contributed by atoms with Gasteiger partial charge in [-0.05, 0) is 55.8 Å². The van der Waals surface area contributed by atoms with Crippen molar-refractivity contribution in [3.8, 4) is 10.6 Å². The highest BCUT2D eigenvalue weighted by molar-refractivity contribution is 7.21. The third-order valence-electron chi connectivity index (χ3n) is 5.07.